The number of rotatable bonds is 1. The van der Waals surface area contributed by atoms with Crippen LogP contribution < -0.4 is 5.43 Å². The average Bonchev–Trinajstić information content (AvgIpc) is 2.80. The molecule has 0 spiro atoms. The van der Waals surface area contributed by atoms with Gasteiger partial charge in [-0.25, -0.2) is 4.68 Å². The first-order valence-corrected chi connectivity index (χ1v) is 5.61. The van der Waals surface area contributed by atoms with E-state index in [-0.39, 0.29) is 0 Å². The van der Waals surface area contributed by atoms with Gasteiger partial charge in [0, 0.05) is 13.1 Å². The van der Waals surface area contributed by atoms with Gasteiger partial charge in [0.2, 0.25) is 0 Å². The second kappa shape index (κ2) is 4.94. The lowest BCUT2D eigenvalue weighted by Gasteiger charge is -2.30. The molecule has 2 rings (SSSR count). The molecule has 0 aromatic carbocycles. The molecule has 2 amide bonds. The molecule has 1 atom stereocenters. The molecular formula is C10H15N5O2. The first-order valence-electron chi connectivity index (χ1n) is 5.61. The smallest absolute Gasteiger partial charge is 0.328 e. The lowest BCUT2D eigenvalue weighted by Crippen LogP contribution is -2.46. The number of likely N-dealkylation sites (tertiary alicyclic amines) is 1. The summed E-state index contributed by atoms with van der Waals surface area (Å²) in [6, 6.07) is 0. The average molecular weight is 237 g/mol. The number of amides is 2. The molecule has 0 bridgehead atoms. The molecule has 1 aromatic rings. The minimum absolute atomic E-state index is 0.454. The number of aromatic nitrogens is 3. The third-order valence-electron chi connectivity index (χ3n) is 2.79. The van der Waals surface area contributed by atoms with Crippen molar-refractivity contribution in [3.05, 3.63) is 12.7 Å². The fourth-order valence-corrected chi connectivity index (χ4v) is 1.94. The Kier molecular flexibility index (Phi) is 3.36. The van der Waals surface area contributed by atoms with E-state index < -0.39 is 11.8 Å². The zero-order valence-corrected chi connectivity index (χ0v) is 9.67. The molecule has 0 aliphatic carbocycles. The monoisotopic (exact) mass is 237 g/mol. The van der Waals surface area contributed by atoms with Crippen LogP contribution in [0.5, 0.6) is 0 Å². The summed E-state index contributed by atoms with van der Waals surface area (Å²) < 4.78 is 1.26. The third-order valence-corrected chi connectivity index (χ3v) is 2.79. The summed E-state index contributed by atoms with van der Waals surface area (Å²) >= 11 is 0. The number of carbonyl (C=O) groups is 2. The van der Waals surface area contributed by atoms with E-state index >= 15 is 0 Å². The number of nitrogens with one attached hydrogen (secondary N) is 1. The summed E-state index contributed by atoms with van der Waals surface area (Å²) in [5, 5.41) is 7.06. The van der Waals surface area contributed by atoms with Crippen LogP contribution in [0.4, 0.5) is 0 Å². The van der Waals surface area contributed by atoms with Gasteiger partial charge >= 0.3 is 11.8 Å². The number of piperidine rings is 1. The van der Waals surface area contributed by atoms with Crippen molar-refractivity contribution in [3.8, 4) is 0 Å². The van der Waals surface area contributed by atoms with Gasteiger partial charge in [-0.2, -0.15) is 0 Å². The summed E-state index contributed by atoms with van der Waals surface area (Å²) in [5.74, 6) is -0.695. The number of hydrogen-bond acceptors (Lipinski definition) is 4. The molecule has 1 aliphatic rings. The van der Waals surface area contributed by atoms with E-state index in [1.807, 2.05) is 0 Å². The number of hydrogen-bond donors (Lipinski definition) is 1. The van der Waals surface area contributed by atoms with E-state index in [0.717, 1.165) is 12.8 Å². The molecule has 92 valence electrons. The van der Waals surface area contributed by atoms with Crippen molar-refractivity contribution in [2.45, 2.75) is 19.8 Å². The van der Waals surface area contributed by atoms with Gasteiger partial charge in [-0.3, -0.25) is 15.0 Å². The zero-order chi connectivity index (χ0) is 12.3. The lowest BCUT2D eigenvalue weighted by molar-refractivity contribution is -0.144. The molecule has 1 N–H and O–H groups in total. The molecule has 0 radical (unpaired) electrons. The Bertz CT molecular complexity index is 403. The van der Waals surface area contributed by atoms with Gasteiger partial charge < -0.3 is 4.90 Å². The summed E-state index contributed by atoms with van der Waals surface area (Å²) in [6.07, 6.45) is 4.71. The van der Waals surface area contributed by atoms with Crippen LogP contribution in [0.25, 0.3) is 0 Å². The molecule has 1 saturated heterocycles. The van der Waals surface area contributed by atoms with Crippen molar-refractivity contribution in [2.75, 3.05) is 18.5 Å². The Labute approximate surface area is 98.8 Å². The Hall–Kier alpha value is -1.92. The maximum atomic E-state index is 11.8. The molecule has 1 aromatic heterocycles. The van der Waals surface area contributed by atoms with Crippen molar-refractivity contribution in [1.82, 2.24) is 19.8 Å². The van der Waals surface area contributed by atoms with Crippen LogP contribution in [0.15, 0.2) is 12.7 Å². The Morgan fingerprint density at radius 3 is 2.71 bits per heavy atom. The first-order chi connectivity index (χ1) is 8.16. The van der Waals surface area contributed by atoms with Crippen LogP contribution in [0.3, 0.4) is 0 Å². The highest BCUT2D eigenvalue weighted by Crippen LogP contribution is 2.15. The molecule has 1 aliphatic heterocycles. The van der Waals surface area contributed by atoms with Crippen LogP contribution in [-0.4, -0.2) is 44.7 Å². The van der Waals surface area contributed by atoms with Gasteiger partial charge in [0.05, 0.1) is 0 Å². The van der Waals surface area contributed by atoms with Crippen molar-refractivity contribution < 1.29 is 9.59 Å². The summed E-state index contributed by atoms with van der Waals surface area (Å²) in [4.78, 5) is 25.1. The molecule has 2 heterocycles. The van der Waals surface area contributed by atoms with E-state index in [1.165, 1.54) is 17.3 Å². The van der Waals surface area contributed by atoms with Crippen LogP contribution in [-0.2, 0) is 9.59 Å². The molecular weight excluding hydrogens is 222 g/mol. The zero-order valence-electron chi connectivity index (χ0n) is 9.67. The highest BCUT2D eigenvalue weighted by Gasteiger charge is 2.26. The van der Waals surface area contributed by atoms with E-state index in [0.29, 0.717) is 19.0 Å². The van der Waals surface area contributed by atoms with Crippen LogP contribution in [0.2, 0.25) is 0 Å². The topological polar surface area (TPSA) is 80.1 Å². The Balaban J connectivity index is 1.92. The summed E-state index contributed by atoms with van der Waals surface area (Å²) in [7, 11) is 0. The normalized spacial score (nSPS) is 20.1. The van der Waals surface area contributed by atoms with Gasteiger partial charge in [-0.05, 0) is 18.8 Å². The fourth-order valence-electron chi connectivity index (χ4n) is 1.94. The summed E-state index contributed by atoms with van der Waals surface area (Å²) in [6.45, 7) is 3.38. The minimum atomic E-state index is -0.654. The van der Waals surface area contributed by atoms with Crippen LogP contribution >= 0.6 is 0 Å². The number of nitrogens with zero attached hydrogens (tertiary/aromatic N) is 4. The summed E-state index contributed by atoms with van der Waals surface area (Å²) in [5.41, 5.74) is 2.40. The fraction of sp³-hybridized carbons (Fsp3) is 0.600. The molecule has 0 saturated carbocycles. The first kappa shape index (κ1) is 11.6. The highest BCUT2D eigenvalue weighted by atomic mass is 16.2. The lowest BCUT2D eigenvalue weighted by atomic mass is 10.0. The van der Waals surface area contributed by atoms with E-state index in [1.54, 1.807) is 4.90 Å². The van der Waals surface area contributed by atoms with E-state index in [9.17, 15) is 9.59 Å². The van der Waals surface area contributed by atoms with Crippen molar-refractivity contribution in [3.63, 3.8) is 0 Å². The van der Waals surface area contributed by atoms with Crippen LogP contribution in [0, 0.1) is 5.92 Å². The minimum Gasteiger partial charge on any atom is -0.334 e. The predicted molar refractivity (Wildman–Crippen MR) is 59.4 cm³/mol. The SMILES string of the molecule is CC1CCCN(C(=O)C(=O)Nn2cnnc2)C1. The highest BCUT2D eigenvalue weighted by molar-refractivity contribution is 6.38. The van der Waals surface area contributed by atoms with E-state index in [2.05, 4.69) is 22.5 Å². The molecule has 17 heavy (non-hydrogen) atoms. The van der Waals surface area contributed by atoms with Crippen molar-refractivity contribution >= 4 is 11.8 Å². The molecule has 7 nitrogen and oxygen atoms in total. The van der Waals surface area contributed by atoms with Crippen molar-refractivity contribution in [1.29, 1.82) is 0 Å². The Morgan fingerprint density at radius 2 is 2.06 bits per heavy atom. The quantitative estimate of drug-likeness (QED) is 0.674. The largest absolute Gasteiger partial charge is 0.334 e. The maximum Gasteiger partial charge on any atom is 0.328 e. The van der Waals surface area contributed by atoms with Crippen LogP contribution in [0.1, 0.15) is 19.8 Å². The van der Waals surface area contributed by atoms with Gasteiger partial charge in [-0.15, -0.1) is 10.2 Å². The van der Waals surface area contributed by atoms with Gasteiger partial charge in [0.15, 0.2) is 0 Å². The standard InChI is InChI=1S/C10H15N5O2/c1-8-3-2-4-14(5-8)10(17)9(16)13-15-6-11-12-7-15/h6-8H,2-5H2,1H3,(H,13,16). The van der Waals surface area contributed by atoms with Gasteiger partial charge in [0.1, 0.15) is 12.7 Å². The molecule has 7 heteroatoms. The number of carbonyl (C=O) groups excluding carboxylic acids is 2. The molecule has 1 unspecified atom stereocenters. The van der Waals surface area contributed by atoms with Crippen molar-refractivity contribution in [2.24, 2.45) is 5.92 Å². The second-order valence-electron chi connectivity index (χ2n) is 4.31. The molecule has 1 fully saturated rings. The van der Waals surface area contributed by atoms with Gasteiger partial charge in [0.25, 0.3) is 0 Å². The third kappa shape index (κ3) is 2.80. The van der Waals surface area contributed by atoms with Gasteiger partial charge in [-0.1, -0.05) is 6.92 Å². The Morgan fingerprint density at radius 1 is 1.35 bits per heavy atom. The second-order valence-corrected chi connectivity index (χ2v) is 4.31. The maximum absolute atomic E-state index is 11.8. The van der Waals surface area contributed by atoms with E-state index in [4.69, 9.17) is 0 Å². The predicted octanol–water partition coefficient (Wildman–Crippen LogP) is -0.393.